The SMILES string of the molecule is O=S(=O)(Nc1ccc(N2CCCS2(=O)=O)cc1Cl)c1ccc2c(c1)CCCC2. The molecule has 150 valence electrons. The van der Waals surface area contributed by atoms with Gasteiger partial charge in [-0.2, -0.15) is 0 Å². The average Bonchev–Trinajstić information content (AvgIpc) is 3.02. The van der Waals surface area contributed by atoms with E-state index in [-0.39, 0.29) is 21.4 Å². The third-order valence-corrected chi connectivity index (χ3v) is 8.76. The Morgan fingerprint density at radius 3 is 2.39 bits per heavy atom. The van der Waals surface area contributed by atoms with E-state index in [1.165, 1.54) is 22.0 Å². The monoisotopic (exact) mass is 440 g/mol. The second-order valence-electron chi connectivity index (χ2n) is 7.15. The molecule has 1 saturated heterocycles. The van der Waals surface area contributed by atoms with Gasteiger partial charge >= 0.3 is 0 Å². The second kappa shape index (κ2) is 7.24. The number of anilines is 2. The van der Waals surface area contributed by atoms with E-state index < -0.39 is 20.0 Å². The maximum Gasteiger partial charge on any atom is 0.261 e. The van der Waals surface area contributed by atoms with Crippen LogP contribution in [0.15, 0.2) is 41.3 Å². The van der Waals surface area contributed by atoms with Crippen LogP contribution in [0.1, 0.15) is 30.4 Å². The lowest BCUT2D eigenvalue weighted by Crippen LogP contribution is -2.25. The number of nitrogens with zero attached hydrogens (tertiary/aromatic N) is 1. The predicted octanol–water partition coefficient (Wildman–Crippen LogP) is 3.56. The molecule has 1 aliphatic heterocycles. The highest BCUT2D eigenvalue weighted by Crippen LogP contribution is 2.33. The van der Waals surface area contributed by atoms with Gasteiger partial charge in [0.25, 0.3) is 10.0 Å². The van der Waals surface area contributed by atoms with E-state index in [4.69, 9.17) is 11.6 Å². The van der Waals surface area contributed by atoms with Crippen molar-refractivity contribution in [2.24, 2.45) is 0 Å². The number of nitrogens with one attached hydrogen (secondary N) is 1. The predicted molar refractivity (Wildman–Crippen MR) is 111 cm³/mol. The summed E-state index contributed by atoms with van der Waals surface area (Å²) < 4.78 is 53.6. The first-order valence-electron chi connectivity index (χ1n) is 9.21. The molecule has 4 rings (SSSR count). The number of benzene rings is 2. The first kappa shape index (κ1) is 19.5. The van der Waals surface area contributed by atoms with Crippen LogP contribution >= 0.6 is 11.6 Å². The van der Waals surface area contributed by atoms with Crippen molar-refractivity contribution < 1.29 is 16.8 Å². The maximum absolute atomic E-state index is 12.8. The summed E-state index contributed by atoms with van der Waals surface area (Å²) in [5.41, 5.74) is 2.95. The molecule has 0 saturated carbocycles. The molecule has 0 spiro atoms. The molecule has 0 bridgehead atoms. The Kier molecular flexibility index (Phi) is 5.05. The molecule has 0 unspecified atom stereocenters. The van der Waals surface area contributed by atoms with Crippen molar-refractivity contribution in [2.75, 3.05) is 21.3 Å². The summed E-state index contributed by atoms with van der Waals surface area (Å²) in [5, 5.41) is 0.154. The van der Waals surface area contributed by atoms with Gasteiger partial charge in [0.15, 0.2) is 0 Å². The van der Waals surface area contributed by atoms with E-state index in [0.717, 1.165) is 31.2 Å². The third kappa shape index (κ3) is 3.73. The molecule has 0 radical (unpaired) electrons. The number of hydrogen-bond donors (Lipinski definition) is 1. The number of aryl methyl sites for hydroxylation is 2. The Labute approximate surface area is 170 Å². The summed E-state index contributed by atoms with van der Waals surface area (Å²) in [6.07, 6.45) is 4.63. The van der Waals surface area contributed by atoms with Gasteiger partial charge in [-0.25, -0.2) is 16.8 Å². The summed E-state index contributed by atoms with van der Waals surface area (Å²) in [7, 11) is -7.11. The normalized spacial score (nSPS) is 18.7. The van der Waals surface area contributed by atoms with Crippen molar-refractivity contribution in [2.45, 2.75) is 37.0 Å². The zero-order valence-corrected chi connectivity index (χ0v) is 17.6. The van der Waals surface area contributed by atoms with Gasteiger partial charge in [0.1, 0.15) is 0 Å². The van der Waals surface area contributed by atoms with Gasteiger partial charge in [0.2, 0.25) is 10.0 Å². The van der Waals surface area contributed by atoms with Crippen LogP contribution < -0.4 is 9.03 Å². The van der Waals surface area contributed by atoms with Gasteiger partial charge in [-0.1, -0.05) is 17.7 Å². The van der Waals surface area contributed by atoms with Crippen LogP contribution in [0.4, 0.5) is 11.4 Å². The fraction of sp³-hybridized carbons (Fsp3) is 0.368. The Balaban J connectivity index is 1.60. The quantitative estimate of drug-likeness (QED) is 0.787. The zero-order chi connectivity index (χ0) is 19.9. The zero-order valence-electron chi connectivity index (χ0n) is 15.2. The van der Waals surface area contributed by atoms with Crippen LogP contribution in [0.25, 0.3) is 0 Å². The smallest absolute Gasteiger partial charge is 0.261 e. The molecule has 0 amide bonds. The van der Waals surface area contributed by atoms with Crippen molar-refractivity contribution in [3.63, 3.8) is 0 Å². The van der Waals surface area contributed by atoms with Crippen LogP contribution in [-0.2, 0) is 32.9 Å². The highest BCUT2D eigenvalue weighted by molar-refractivity contribution is 7.93. The van der Waals surface area contributed by atoms with Crippen LogP contribution in [-0.4, -0.2) is 29.1 Å². The van der Waals surface area contributed by atoms with Gasteiger partial charge in [0, 0.05) is 6.54 Å². The summed E-state index contributed by atoms with van der Waals surface area (Å²) in [6, 6.07) is 9.78. The highest BCUT2D eigenvalue weighted by Gasteiger charge is 2.29. The van der Waals surface area contributed by atoms with Gasteiger partial charge in [-0.05, 0) is 73.6 Å². The van der Waals surface area contributed by atoms with E-state index in [1.54, 1.807) is 18.2 Å². The van der Waals surface area contributed by atoms with Crippen LogP contribution in [0.5, 0.6) is 0 Å². The van der Waals surface area contributed by atoms with E-state index >= 15 is 0 Å². The van der Waals surface area contributed by atoms with Gasteiger partial charge in [-0.3, -0.25) is 9.03 Å². The number of hydrogen-bond acceptors (Lipinski definition) is 4. The lowest BCUT2D eigenvalue weighted by atomic mass is 9.92. The molecule has 0 aromatic heterocycles. The fourth-order valence-corrected chi connectivity index (χ4v) is 6.72. The molecule has 0 atom stereocenters. The maximum atomic E-state index is 12.8. The Hall–Kier alpha value is -1.77. The molecule has 9 heteroatoms. The number of sulfonamides is 2. The fourth-order valence-electron chi connectivity index (χ4n) is 3.75. The minimum atomic E-state index is -3.79. The van der Waals surface area contributed by atoms with Crippen LogP contribution in [0.2, 0.25) is 5.02 Å². The average molecular weight is 441 g/mol. The van der Waals surface area contributed by atoms with E-state index in [1.807, 2.05) is 6.07 Å². The topological polar surface area (TPSA) is 83.6 Å². The van der Waals surface area contributed by atoms with E-state index in [0.29, 0.717) is 18.7 Å². The minimum absolute atomic E-state index is 0.108. The first-order valence-corrected chi connectivity index (χ1v) is 12.7. The summed E-state index contributed by atoms with van der Waals surface area (Å²) in [4.78, 5) is 0.204. The second-order valence-corrected chi connectivity index (χ2v) is 11.3. The van der Waals surface area contributed by atoms with Gasteiger partial charge in [0.05, 0.1) is 27.0 Å². The lowest BCUT2D eigenvalue weighted by molar-refractivity contribution is 0.598. The van der Waals surface area contributed by atoms with Crippen molar-refractivity contribution >= 4 is 43.0 Å². The van der Waals surface area contributed by atoms with Crippen LogP contribution in [0, 0.1) is 0 Å². The number of rotatable bonds is 4. The Morgan fingerprint density at radius 2 is 1.71 bits per heavy atom. The molecule has 1 N–H and O–H groups in total. The summed E-state index contributed by atoms with van der Waals surface area (Å²) >= 11 is 6.26. The lowest BCUT2D eigenvalue weighted by Gasteiger charge is -2.19. The molecule has 6 nitrogen and oxygen atoms in total. The molecule has 1 aliphatic carbocycles. The van der Waals surface area contributed by atoms with Crippen molar-refractivity contribution in [1.82, 2.24) is 0 Å². The molecular weight excluding hydrogens is 420 g/mol. The third-order valence-electron chi connectivity index (χ3n) is 5.21. The molecule has 1 fully saturated rings. The molecule has 2 aliphatic rings. The van der Waals surface area contributed by atoms with Crippen molar-refractivity contribution in [3.05, 3.63) is 52.5 Å². The first-order chi connectivity index (χ1) is 13.3. The standard InChI is InChI=1S/C19H21ClN2O4S2/c20-18-13-16(22-10-3-11-27(22,23)24)7-9-19(18)21-28(25,26)17-8-6-14-4-1-2-5-15(14)12-17/h6-9,12-13,21H,1-5,10-11H2. The van der Waals surface area contributed by atoms with Crippen molar-refractivity contribution in [1.29, 1.82) is 0 Å². The highest BCUT2D eigenvalue weighted by atomic mass is 35.5. The minimum Gasteiger partial charge on any atom is -0.278 e. The van der Waals surface area contributed by atoms with Gasteiger partial charge in [-0.15, -0.1) is 0 Å². The molecule has 1 heterocycles. The Morgan fingerprint density at radius 1 is 0.964 bits per heavy atom. The molecule has 2 aromatic rings. The molecule has 2 aromatic carbocycles. The summed E-state index contributed by atoms with van der Waals surface area (Å²) in [6.45, 7) is 0.402. The largest absolute Gasteiger partial charge is 0.278 e. The van der Waals surface area contributed by atoms with Crippen molar-refractivity contribution in [3.8, 4) is 0 Å². The van der Waals surface area contributed by atoms with E-state index in [2.05, 4.69) is 4.72 Å². The Bertz CT molecular complexity index is 1130. The summed E-state index contributed by atoms with van der Waals surface area (Å²) in [5.74, 6) is 0.108. The number of fused-ring (bicyclic) bond motifs is 1. The van der Waals surface area contributed by atoms with E-state index in [9.17, 15) is 16.8 Å². The number of halogens is 1. The van der Waals surface area contributed by atoms with Gasteiger partial charge < -0.3 is 0 Å². The molecule has 28 heavy (non-hydrogen) atoms. The molecular formula is C19H21ClN2O4S2. The van der Waals surface area contributed by atoms with Crippen LogP contribution in [0.3, 0.4) is 0 Å².